The maximum absolute atomic E-state index is 5.62. The van der Waals surface area contributed by atoms with Gasteiger partial charge in [0.05, 0.1) is 106 Å². The summed E-state index contributed by atoms with van der Waals surface area (Å²) in [6.07, 6.45) is 16.9. The SMILES string of the molecule is CCCCCCCCCCOCCOCCOCCOCCOCCOCCOCCOCCOCCCCCCC. The topological polar surface area (TPSA) is 83.1 Å². The largest absolute Gasteiger partial charge is 0.379 e. The van der Waals surface area contributed by atoms with Gasteiger partial charge in [0.15, 0.2) is 0 Å². The Kier molecular flexibility index (Phi) is 40.3. The summed E-state index contributed by atoms with van der Waals surface area (Å²) in [5.74, 6) is 0. The van der Waals surface area contributed by atoms with Gasteiger partial charge in [-0.1, -0.05) is 84.5 Å². The normalized spacial score (nSPS) is 11.6. The Morgan fingerprint density at radius 1 is 0.190 bits per heavy atom. The van der Waals surface area contributed by atoms with Gasteiger partial charge in [-0.3, -0.25) is 0 Å². The first-order valence-electron chi connectivity index (χ1n) is 17.1. The summed E-state index contributed by atoms with van der Waals surface area (Å²) >= 11 is 0. The first-order chi connectivity index (χ1) is 20.9. The standard InChI is InChI=1S/C33H68O9/c1-3-5-7-9-10-11-13-15-17-35-19-21-37-23-25-39-27-29-41-31-33-42-32-30-40-28-26-38-24-22-36-20-18-34-16-14-12-8-6-4-2/h3-33H2,1-2H3. The van der Waals surface area contributed by atoms with E-state index in [-0.39, 0.29) is 0 Å². The Hall–Kier alpha value is -0.360. The van der Waals surface area contributed by atoms with E-state index >= 15 is 0 Å². The molecule has 9 heteroatoms. The van der Waals surface area contributed by atoms with Crippen molar-refractivity contribution in [1.29, 1.82) is 0 Å². The van der Waals surface area contributed by atoms with Gasteiger partial charge in [0.1, 0.15) is 0 Å². The second kappa shape index (κ2) is 40.6. The maximum atomic E-state index is 5.62. The third-order valence-electron chi connectivity index (χ3n) is 6.51. The monoisotopic (exact) mass is 608 g/mol. The molecule has 0 fully saturated rings. The molecule has 0 saturated heterocycles. The van der Waals surface area contributed by atoms with Crippen LogP contribution >= 0.6 is 0 Å². The molecule has 0 aromatic heterocycles. The summed E-state index contributed by atoms with van der Waals surface area (Å²) in [6, 6.07) is 0. The highest BCUT2D eigenvalue weighted by molar-refractivity contribution is 4.46. The van der Waals surface area contributed by atoms with Gasteiger partial charge in [-0.2, -0.15) is 0 Å². The Bertz CT molecular complexity index is 417. The van der Waals surface area contributed by atoms with E-state index in [0.29, 0.717) is 106 Å². The van der Waals surface area contributed by atoms with Crippen LogP contribution in [0.25, 0.3) is 0 Å². The van der Waals surface area contributed by atoms with E-state index in [1.165, 1.54) is 70.6 Å². The first-order valence-corrected chi connectivity index (χ1v) is 17.1. The fraction of sp³-hybridized carbons (Fsp3) is 1.00. The molecule has 0 bridgehead atoms. The molecule has 0 spiro atoms. The van der Waals surface area contributed by atoms with Gasteiger partial charge in [-0.05, 0) is 12.8 Å². The van der Waals surface area contributed by atoms with Crippen molar-refractivity contribution in [3.05, 3.63) is 0 Å². The highest BCUT2D eigenvalue weighted by Crippen LogP contribution is 2.08. The average Bonchev–Trinajstić information content (AvgIpc) is 3.00. The minimum atomic E-state index is 0.543. The molecule has 0 unspecified atom stereocenters. The molecule has 0 heterocycles. The van der Waals surface area contributed by atoms with E-state index in [9.17, 15) is 0 Å². The van der Waals surface area contributed by atoms with Crippen LogP contribution in [-0.2, 0) is 42.6 Å². The van der Waals surface area contributed by atoms with Crippen LogP contribution in [0.3, 0.4) is 0 Å². The summed E-state index contributed by atoms with van der Waals surface area (Å²) in [5, 5.41) is 0. The number of unbranched alkanes of at least 4 members (excludes halogenated alkanes) is 11. The van der Waals surface area contributed by atoms with E-state index in [1.54, 1.807) is 0 Å². The number of hydrogen-bond acceptors (Lipinski definition) is 9. The van der Waals surface area contributed by atoms with Gasteiger partial charge in [-0.15, -0.1) is 0 Å². The van der Waals surface area contributed by atoms with Crippen molar-refractivity contribution >= 4 is 0 Å². The van der Waals surface area contributed by atoms with Gasteiger partial charge in [0.2, 0.25) is 0 Å². The highest BCUT2D eigenvalue weighted by atomic mass is 16.6. The summed E-state index contributed by atoms with van der Waals surface area (Å²) in [5.41, 5.74) is 0. The van der Waals surface area contributed by atoms with Crippen LogP contribution in [0.4, 0.5) is 0 Å². The third kappa shape index (κ3) is 39.6. The minimum absolute atomic E-state index is 0.543. The Morgan fingerprint density at radius 3 is 0.571 bits per heavy atom. The zero-order valence-electron chi connectivity index (χ0n) is 27.6. The van der Waals surface area contributed by atoms with Gasteiger partial charge in [0, 0.05) is 13.2 Å². The molecule has 0 aliphatic carbocycles. The van der Waals surface area contributed by atoms with Gasteiger partial charge in [-0.25, -0.2) is 0 Å². The molecule has 0 aromatic carbocycles. The number of hydrogen-bond donors (Lipinski definition) is 0. The van der Waals surface area contributed by atoms with E-state index in [2.05, 4.69) is 13.8 Å². The van der Waals surface area contributed by atoms with Crippen LogP contribution in [0.15, 0.2) is 0 Å². The number of ether oxygens (including phenoxy) is 9. The molecule has 254 valence electrons. The fourth-order valence-corrected chi connectivity index (χ4v) is 4.01. The van der Waals surface area contributed by atoms with Gasteiger partial charge < -0.3 is 42.6 Å². The van der Waals surface area contributed by atoms with Crippen molar-refractivity contribution in [1.82, 2.24) is 0 Å². The summed E-state index contributed by atoms with van der Waals surface area (Å²) in [6.45, 7) is 15.4. The van der Waals surface area contributed by atoms with Gasteiger partial charge in [0.25, 0.3) is 0 Å². The second-order valence-corrected chi connectivity index (χ2v) is 10.4. The van der Waals surface area contributed by atoms with Crippen molar-refractivity contribution < 1.29 is 42.6 Å². The van der Waals surface area contributed by atoms with Crippen molar-refractivity contribution in [3.63, 3.8) is 0 Å². The van der Waals surface area contributed by atoms with Crippen LogP contribution in [-0.4, -0.2) is 119 Å². The Balaban J connectivity index is 3.02. The fourth-order valence-electron chi connectivity index (χ4n) is 4.01. The molecular weight excluding hydrogens is 540 g/mol. The van der Waals surface area contributed by atoms with Crippen LogP contribution in [0.5, 0.6) is 0 Å². The molecule has 0 aliphatic heterocycles. The number of rotatable bonds is 39. The van der Waals surface area contributed by atoms with E-state index in [1.807, 2.05) is 0 Å². The van der Waals surface area contributed by atoms with Crippen molar-refractivity contribution in [2.75, 3.05) is 119 Å². The second-order valence-electron chi connectivity index (χ2n) is 10.4. The Morgan fingerprint density at radius 2 is 0.357 bits per heavy atom. The van der Waals surface area contributed by atoms with Crippen LogP contribution in [0.2, 0.25) is 0 Å². The molecule has 0 rings (SSSR count). The van der Waals surface area contributed by atoms with Crippen molar-refractivity contribution in [3.8, 4) is 0 Å². The molecule has 0 atom stereocenters. The van der Waals surface area contributed by atoms with E-state index in [4.69, 9.17) is 42.6 Å². The van der Waals surface area contributed by atoms with E-state index in [0.717, 1.165) is 26.1 Å². The third-order valence-corrected chi connectivity index (χ3v) is 6.51. The van der Waals surface area contributed by atoms with Crippen LogP contribution in [0.1, 0.15) is 97.3 Å². The zero-order valence-corrected chi connectivity index (χ0v) is 27.6. The molecule has 0 aromatic rings. The average molecular weight is 609 g/mol. The lowest BCUT2D eigenvalue weighted by molar-refractivity contribution is -0.0250. The summed E-state index contributed by atoms with van der Waals surface area (Å²) in [7, 11) is 0. The summed E-state index contributed by atoms with van der Waals surface area (Å²) in [4.78, 5) is 0. The highest BCUT2D eigenvalue weighted by Gasteiger charge is 1.97. The van der Waals surface area contributed by atoms with Crippen LogP contribution < -0.4 is 0 Å². The minimum Gasteiger partial charge on any atom is -0.379 e. The molecule has 0 saturated carbocycles. The molecule has 42 heavy (non-hydrogen) atoms. The molecule has 0 radical (unpaired) electrons. The molecule has 0 N–H and O–H groups in total. The smallest absolute Gasteiger partial charge is 0.0701 e. The van der Waals surface area contributed by atoms with Gasteiger partial charge >= 0.3 is 0 Å². The predicted molar refractivity (Wildman–Crippen MR) is 169 cm³/mol. The lowest BCUT2D eigenvalue weighted by Gasteiger charge is -2.09. The first kappa shape index (κ1) is 41.6. The lowest BCUT2D eigenvalue weighted by Crippen LogP contribution is -2.15. The predicted octanol–water partition coefficient (Wildman–Crippen LogP) is 6.25. The molecule has 9 nitrogen and oxygen atoms in total. The lowest BCUT2D eigenvalue weighted by atomic mass is 10.1. The molecule has 0 amide bonds. The van der Waals surface area contributed by atoms with E-state index < -0.39 is 0 Å². The molecular formula is C33H68O9. The van der Waals surface area contributed by atoms with Crippen molar-refractivity contribution in [2.24, 2.45) is 0 Å². The summed E-state index contributed by atoms with van der Waals surface area (Å²) < 4.78 is 49.7. The maximum Gasteiger partial charge on any atom is 0.0701 e. The van der Waals surface area contributed by atoms with Crippen LogP contribution in [0, 0.1) is 0 Å². The zero-order chi connectivity index (χ0) is 30.3. The van der Waals surface area contributed by atoms with Crippen molar-refractivity contribution in [2.45, 2.75) is 97.3 Å². The molecule has 0 aliphatic rings. The Labute approximate surface area is 258 Å². The quantitative estimate of drug-likeness (QED) is 0.0753.